The number of methoxy groups -OCH3 is 1. The zero-order valence-corrected chi connectivity index (χ0v) is 13.9. The van der Waals surface area contributed by atoms with Crippen LogP contribution >= 0.6 is 15.9 Å². The van der Waals surface area contributed by atoms with E-state index < -0.39 is 0 Å². The smallest absolute Gasteiger partial charge is 0.128 e. The standard InChI is InChI=1S/C15H20BrN3O/c1-9(2)10-5-6-11(12(7-10)20-4)14-15(16)19(3)13(8-17)18-14/h5-7,9H,8,17H2,1-4H3. The van der Waals surface area contributed by atoms with Gasteiger partial charge in [0, 0.05) is 12.6 Å². The number of aromatic nitrogens is 2. The average Bonchev–Trinajstić information content (AvgIpc) is 2.74. The van der Waals surface area contributed by atoms with Crippen LogP contribution in [0.2, 0.25) is 0 Å². The summed E-state index contributed by atoms with van der Waals surface area (Å²) in [6.45, 7) is 4.73. The van der Waals surface area contributed by atoms with E-state index in [4.69, 9.17) is 10.5 Å². The molecule has 0 radical (unpaired) electrons. The fourth-order valence-electron chi connectivity index (χ4n) is 2.14. The molecule has 0 aliphatic heterocycles. The van der Waals surface area contributed by atoms with Crippen LogP contribution in [0.4, 0.5) is 0 Å². The Bertz CT molecular complexity index is 620. The molecule has 0 atom stereocenters. The summed E-state index contributed by atoms with van der Waals surface area (Å²) in [5.41, 5.74) is 8.79. The number of imidazole rings is 1. The molecule has 108 valence electrons. The number of ether oxygens (including phenoxy) is 1. The van der Waals surface area contributed by atoms with E-state index in [1.807, 2.05) is 11.6 Å². The van der Waals surface area contributed by atoms with Gasteiger partial charge in [-0.3, -0.25) is 0 Å². The highest BCUT2D eigenvalue weighted by Gasteiger charge is 2.17. The van der Waals surface area contributed by atoms with Gasteiger partial charge in [0.1, 0.15) is 21.9 Å². The first-order valence-electron chi connectivity index (χ1n) is 6.59. The Balaban J connectivity index is 2.58. The Morgan fingerprint density at radius 2 is 2.10 bits per heavy atom. The first-order chi connectivity index (χ1) is 9.49. The largest absolute Gasteiger partial charge is 0.496 e. The third kappa shape index (κ3) is 2.60. The second-order valence-electron chi connectivity index (χ2n) is 5.05. The van der Waals surface area contributed by atoms with E-state index >= 15 is 0 Å². The van der Waals surface area contributed by atoms with Crippen LogP contribution < -0.4 is 10.5 Å². The third-order valence-electron chi connectivity index (χ3n) is 3.45. The zero-order valence-electron chi connectivity index (χ0n) is 12.3. The molecule has 0 unspecified atom stereocenters. The molecule has 2 aromatic rings. The molecule has 0 fully saturated rings. The van der Waals surface area contributed by atoms with Gasteiger partial charge in [-0.15, -0.1) is 0 Å². The van der Waals surface area contributed by atoms with Crippen molar-refractivity contribution in [1.29, 1.82) is 0 Å². The predicted octanol–water partition coefficient (Wildman–Crippen LogP) is 3.44. The second kappa shape index (κ2) is 5.97. The Morgan fingerprint density at radius 3 is 2.60 bits per heavy atom. The summed E-state index contributed by atoms with van der Waals surface area (Å²) in [6, 6.07) is 6.25. The average molecular weight is 338 g/mol. The highest BCUT2D eigenvalue weighted by Crippen LogP contribution is 2.36. The van der Waals surface area contributed by atoms with Gasteiger partial charge in [0.2, 0.25) is 0 Å². The molecule has 0 aliphatic carbocycles. The summed E-state index contributed by atoms with van der Waals surface area (Å²) in [7, 11) is 3.63. The van der Waals surface area contributed by atoms with Gasteiger partial charge in [0.05, 0.1) is 13.7 Å². The Labute approximate surface area is 128 Å². The number of halogens is 1. The monoisotopic (exact) mass is 337 g/mol. The van der Waals surface area contributed by atoms with Crippen molar-refractivity contribution in [3.8, 4) is 17.0 Å². The van der Waals surface area contributed by atoms with Crippen molar-refractivity contribution in [2.75, 3.05) is 7.11 Å². The Kier molecular flexibility index (Phi) is 4.50. The van der Waals surface area contributed by atoms with Crippen LogP contribution in [0.3, 0.4) is 0 Å². The molecular formula is C15H20BrN3O. The lowest BCUT2D eigenvalue weighted by Gasteiger charge is -2.11. The summed E-state index contributed by atoms with van der Waals surface area (Å²) in [5, 5.41) is 0. The van der Waals surface area contributed by atoms with Crippen LogP contribution in [0, 0.1) is 0 Å². The maximum Gasteiger partial charge on any atom is 0.128 e. The van der Waals surface area contributed by atoms with Gasteiger partial charge in [0.25, 0.3) is 0 Å². The van der Waals surface area contributed by atoms with E-state index in [0.717, 1.165) is 27.4 Å². The third-order valence-corrected chi connectivity index (χ3v) is 4.36. The van der Waals surface area contributed by atoms with Crippen molar-refractivity contribution in [2.24, 2.45) is 12.8 Å². The van der Waals surface area contributed by atoms with Gasteiger partial charge in [-0.25, -0.2) is 4.98 Å². The quantitative estimate of drug-likeness (QED) is 0.929. The molecule has 0 amide bonds. The predicted molar refractivity (Wildman–Crippen MR) is 84.9 cm³/mol. The number of nitrogens with two attached hydrogens (primary N) is 1. The molecule has 0 spiro atoms. The molecule has 0 saturated carbocycles. The first-order valence-corrected chi connectivity index (χ1v) is 7.38. The van der Waals surface area contributed by atoms with Crippen molar-refractivity contribution >= 4 is 15.9 Å². The molecule has 4 nitrogen and oxygen atoms in total. The summed E-state index contributed by atoms with van der Waals surface area (Å²) < 4.78 is 8.39. The molecule has 2 N–H and O–H groups in total. The van der Waals surface area contributed by atoms with Crippen molar-refractivity contribution in [3.63, 3.8) is 0 Å². The normalized spacial score (nSPS) is 11.2. The second-order valence-corrected chi connectivity index (χ2v) is 5.80. The highest BCUT2D eigenvalue weighted by molar-refractivity contribution is 9.10. The lowest BCUT2D eigenvalue weighted by Crippen LogP contribution is -2.04. The molecule has 1 aromatic carbocycles. The fourth-order valence-corrected chi connectivity index (χ4v) is 2.65. The van der Waals surface area contributed by atoms with Crippen LogP contribution in [0.1, 0.15) is 31.2 Å². The maximum absolute atomic E-state index is 5.71. The van der Waals surface area contributed by atoms with E-state index in [-0.39, 0.29) is 0 Å². The minimum atomic E-state index is 0.404. The van der Waals surface area contributed by atoms with Crippen LogP contribution in [0.25, 0.3) is 11.3 Å². The first kappa shape index (κ1) is 15.1. The molecule has 5 heteroatoms. The molecule has 1 aromatic heterocycles. The molecular weight excluding hydrogens is 318 g/mol. The Morgan fingerprint density at radius 1 is 1.40 bits per heavy atom. The van der Waals surface area contributed by atoms with Crippen molar-refractivity contribution in [2.45, 2.75) is 26.3 Å². The topological polar surface area (TPSA) is 53.1 Å². The van der Waals surface area contributed by atoms with Crippen molar-refractivity contribution in [1.82, 2.24) is 9.55 Å². The number of rotatable bonds is 4. The molecule has 0 bridgehead atoms. The van der Waals surface area contributed by atoms with Gasteiger partial charge in [-0.05, 0) is 39.5 Å². The lowest BCUT2D eigenvalue weighted by atomic mass is 10.00. The van der Waals surface area contributed by atoms with Gasteiger partial charge in [0.15, 0.2) is 0 Å². The van der Waals surface area contributed by atoms with E-state index in [1.54, 1.807) is 7.11 Å². The Hall–Kier alpha value is -1.33. The van der Waals surface area contributed by atoms with Crippen LogP contribution in [0.5, 0.6) is 5.75 Å². The number of hydrogen-bond donors (Lipinski definition) is 1. The van der Waals surface area contributed by atoms with Crippen LogP contribution in [0.15, 0.2) is 22.8 Å². The summed E-state index contributed by atoms with van der Waals surface area (Å²) >= 11 is 3.58. The van der Waals surface area contributed by atoms with Gasteiger partial charge in [-0.1, -0.05) is 19.9 Å². The lowest BCUT2D eigenvalue weighted by molar-refractivity contribution is 0.415. The van der Waals surface area contributed by atoms with Gasteiger partial charge >= 0.3 is 0 Å². The van der Waals surface area contributed by atoms with Crippen LogP contribution in [-0.2, 0) is 13.6 Å². The maximum atomic E-state index is 5.71. The van der Waals surface area contributed by atoms with Crippen molar-refractivity contribution < 1.29 is 4.74 Å². The molecule has 1 heterocycles. The molecule has 0 aliphatic rings. The minimum absolute atomic E-state index is 0.404. The summed E-state index contributed by atoms with van der Waals surface area (Å²) in [5.74, 6) is 2.13. The zero-order chi connectivity index (χ0) is 14.9. The molecule has 0 saturated heterocycles. The number of benzene rings is 1. The van der Waals surface area contributed by atoms with E-state index in [9.17, 15) is 0 Å². The van der Waals surface area contributed by atoms with Gasteiger partial charge in [-0.2, -0.15) is 0 Å². The fraction of sp³-hybridized carbons (Fsp3) is 0.400. The summed E-state index contributed by atoms with van der Waals surface area (Å²) in [4.78, 5) is 4.59. The number of hydrogen-bond acceptors (Lipinski definition) is 3. The SMILES string of the molecule is COc1cc(C(C)C)ccc1-c1nc(CN)n(C)c1Br. The van der Waals surface area contributed by atoms with E-state index in [2.05, 4.69) is 53.0 Å². The van der Waals surface area contributed by atoms with Gasteiger partial charge < -0.3 is 15.0 Å². The number of nitrogens with zero attached hydrogens (tertiary/aromatic N) is 2. The highest BCUT2D eigenvalue weighted by atomic mass is 79.9. The van der Waals surface area contributed by atoms with E-state index in [1.165, 1.54) is 5.56 Å². The van der Waals surface area contributed by atoms with E-state index in [0.29, 0.717) is 12.5 Å². The van der Waals surface area contributed by atoms with Crippen molar-refractivity contribution in [3.05, 3.63) is 34.2 Å². The molecule has 20 heavy (non-hydrogen) atoms. The van der Waals surface area contributed by atoms with Crippen LogP contribution in [-0.4, -0.2) is 16.7 Å². The minimum Gasteiger partial charge on any atom is -0.496 e. The molecule has 2 rings (SSSR count). The summed E-state index contributed by atoms with van der Waals surface area (Å²) in [6.07, 6.45) is 0.